The maximum absolute atomic E-state index is 12.0. The number of para-hydroxylation sites is 1. The van der Waals surface area contributed by atoms with E-state index in [2.05, 4.69) is 12.2 Å². The second-order valence-corrected chi connectivity index (χ2v) is 5.85. The lowest BCUT2D eigenvalue weighted by Crippen LogP contribution is -2.21. The molecule has 0 radical (unpaired) electrons. The van der Waals surface area contributed by atoms with Crippen LogP contribution in [0.25, 0.3) is 0 Å². The molecule has 0 bridgehead atoms. The Kier molecular flexibility index (Phi) is 5.04. The zero-order chi connectivity index (χ0) is 14.5. The van der Waals surface area contributed by atoms with Gasteiger partial charge >= 0.3 is 5.97 Å². The summed E-state index contributed by atoms with van der Waals surface area (Å²) < 4.78 is 4.88. The smallest absolute Gasteiger partial charge is 0.333 e. The van der Waals surface area contributed by atoms with Gasteiger partial charge in [-0.15, -0.1) is 11.3 Å². The Morgan fingerprint density at radius 1 is 1.35 bits per heavy atom. The summed E-state index contributed by atoms with van der Waals surface area (Å²) in [7, 11) is 1.39. The van der Waals surface area contributed by atoms with Crippen molar-refractivity contribution in [1.29, 1.82) is 0 Å². The number of carbonyl (C=O) groups is 1. The van der Waals surface area contributed by atoms with E-state index in [0.717, 1.165) is 17.0 Å². The molecule has 0 aliphatic rings. The summed E-state index contributed by atoms with van der Waals surface area (Å²) in [6, 6.07) is 10.8. The van der Waals surface area contributed by atoms with E-state index in [1.54, 1.807) is 17.4 Å². The fraction of sp³-hybridized carbons (Fsp3) is 0.267. The van der Waals surface area contributed by atoms with Crippen LogP contribution in [0.15, 0.2) is 36.4 Å². The van der Waals surface area contributed by atoms with Gasteiger partial charge in [-0.1, -0.05) is 30.7 Å². The van der Waals surface area contributed by atoms with Gasteiger partial charge in [0.05, 0.1) is 17.8 Å². The Balaban J connectivity index is 2.29. The first-order valence-corrected chi connectivity index (χ1v) is 7.52. The number of nitrogens with one attached hydrogen (secondary N) is 1. The molecule has 2 aromatic rings. The minimum atomic E-state index is -0.537. The van der Waals surface area contributed by atoms with Crippen LogP contribution in [0.1, 0.15) is 22.7 Å². The first-order valence-electron chi connectivity index (χ1n) is 6.33. The van der Waals surface area contributed by atoms with Crippen molar-refractivity contribution in [2.75, 3.05) is 12.4 Å². The molecule has 1 atom stereocenters. The summed E-state index contributed by atoms with van der Waals surface area (Å²) >= 11 is 7.73. The van der Waals surface area contributed by atoms with Gasteiger partial charge in [-0.2, -0.15) is 0 Å². The van der Waals surface area contributed by atoms with E-state index in [1.165, 1.54) is 12.0 Å². The first-order chi connectivity index (χ1) is 9.65. The van der Waals surface area contributed by atoms with Crippen molar-refractivity contribution in [1.82, 2.24) is 0 Å². The van der Waals surface area contributed by atoms with Crippen LogP contribution in [0, 0.1) is 0 Å². The Labute approximate surface area is 127 Å². The average molecular weight is 310 g/mol. The predicted octanol–water partition coefficient (Wildman–Crippen LogP) is 4.29. The standard InChI is InChI=1S/C15H16ClNO2S/c1-3-10-8-9-13(20-10)14(15(18)19-2)17-12-7-5-4-6-11(12)16/h4-9,14,17H,3H2,1-2H3. The van der Waals surface area contributed by atoms with Gasteiger partial charge in [-0.05, 0) is 30.7 Å². The van der Waals surface area contributed by atoms with Gasteiger partial charge < -0.3 is 10.1 Å². The second-order valence-electron chi connectivity index (χ2n) is 4.24. The van der Waals surface area contributed by atoms with E-state index in [9.17, 15) is 4.79 Å². The van der Waals surface area contributed by atoms with Gasteiger partial charge in [-0.3, -0.25) is 0 Å². The molecule has 0 saturated carbocycles. The molecule has 20 heavy (non-hydrogen) atoms. The number of thiophene rings is 1. The number of esters is 1. The van der Waals surface area contributed by atoms with Gasteiger partial charge in [0.25, 0.3) is 0 Å². The quantitative estimate of drug-likeness (QED) is 0.837. The highest BCUT2D eigenvalue weighted by Crippen LogP contribution is 2.30. The van der Waals surface area contributed by atoms with Crippen LogP contribution in [0.2, 0.25) is 5.02 Å². The van der Waals surface area contributed by atoms with E-state index in [-0.39, 0.29) is 5.97 Å². The normalized spacial score (nSPS) is 11.9. The maximum Gasteiger partial charge on any atom is 0.333 e. The number of benzene rings is 1. The third kappa shape index (κ3) is 3.32. The molecule has 0 fully saturated rings. The molecule has 1 N–H and O–H groups in total. The van der Waals surface area contributed by atoms with Crippen LogP contribution >= 0.6 is 22.9 Å². The average Bonchev–Trinajstić information content (AvgIpc) is 2.94. The monoisotopic (exact) mass is 309 g/mol. The summed E-state index contributed by atoms with van der Waals surface area (Å²) in [5, 5.41) is 3.73. The number of hydrogen-bond acceptors (Lipinski definition) is 4. The summed E-state index contributed by atoms with van der Waals surface area (Å²) in [5.41, 5.74) is 0.719. The molecule has 1 unspecified atom stereocenters. The van der Waals surface area contributed by atoms with Crippen LogP contribution in [0.4, 0.5) is 5.69 Å². The van der Waals surface area contributed by atoms with Crippen molar-refractivity contribution in [3.05, 3.63) is 51.2 Å². The highest BCUT2D eigenvalue weighted by molar-refractivity contribution is 7.12. The zero-order valence-corrected chi connectivity index (χ0v) is 12.9. The Morgan fingerprint density at radius 2 is 2.10 bits per heavy atom. The molecule has 0 aliphatic carbocycles. The summed E-state index contributed by atoms with van der Waals surface area (Å²) in [5.74, 6) is -0.325. The summed E-state index contributed by atoms with van der Waals surface area (Å²) in [6.45, 7) is 2.09. The molecule has 1 heterocycles. The third-order valence-corrected chi connectivity index (χ3v) is 4.55. The number of halogens is 1. The van der Waals surface area contributed by atoms with E-state index in [4.69, 9.17) is 16.3 Å². The number of ether oxygens (including phenoxy) is 1. The number of rotatable bonds is 5. The molecule has 1 aromatic carbocycles. The number of methoxy groups -OCH3 is 1. The zero-order valence-electron chi connectivity index (χ0n) is 11.4. The van der Waals surface area contributed by atoms with Crippen molar-refractivity contribution in [2.45, 2.75) is 19.4 Å². The third-order valence-electron chi connectivity index (χ3n) is 2.93. The molecule has 3 nitrogen and oxygen atoms in total. The van der Waals surface area contributed by atoms with E-state index in [1.807, 2.05) is 30.3 Å². The summed E-state index contributed by atoms with van der Waals surface area (Å²) in [6.07, 6.45) is 0.949. The topological polar surface area (TPSA) is 38.3 Å². The van der Waals surface area contributed by atoms with Crippen LogP contribution in [0.5, 0.6) is 0 Å². The maximum atomic E-state index is 12.0. The Hall–Kier alpha value is -1.52. The molecule has 0 saturated heterocycles. The first kappa shape index (κ1) is 14.9. The second kappa shape index (κ2) is 6.77. The van der Waals surface area contributed by atoms with Crippen molar-refractivity contribution < 1.29 is 9.53 Å². The number of carbonyl (C=O) groups excluding carboxylic acids is 1. The van der Waals surface area contributed by atoms with Gasteiger partial charge in [-0.25, -0.2) is 4.79 Å². The molecule has 106 valence electrons. The van der Waals surface area contributed by atoms with Gasteiger partial charge in [0.1, 0.15) is 0 Å². The van der Waals surface area contributed by atoms with Crippen molar-refractivity contribution in [2.24, 2.45) is 0 Å². The highest BCUT2D eigenvalue weighted by atomic mass is 35.5. The van der Waals surface area contributed by atoms with Crippen LogP contribution in [0.3, 0.4) is 0 Å². The molecule has 1 aromatic heterocycles. The molecular weight excluding hydrogens is 294 g/mol. The van der Waals surface area contributed by atoms with Gasteiger partial charge in [0.2, 0.25) is 0 Å². The fourth-order valence-electron chi connectivity index (χ4n) is 1.84. The Morgan fingerprint density at radius 3 is 2.70 bits per heavy atom. The minimum Gasteiger partial charge on any atom is -0.467 e. The highest BCUT2D eigenvalue weighted by Gasteiger charge is 2.23. The summed E-state index contributed by atoms with van der Waals surface area (Å²) in [4.78, 5) is 14.2. The largest absolute Gasteiger partial charge is 0.467 e. The lowest BCUT2D eigenvalue weighted by Gasteiger charge is -2.17. The van der Waals surface area contributed by atoms with Crippen molar-refractivity contribution >= 4 is 34.6 Å². The molecule has 0 amide bonds. The van der Waals surface area contributed by atoms with Crippen molar-refractivity contribution in [3.63, 3.8) is 0 Å². The van der Waals surface area contributed by atoms with Crippen LogP contribution < -0.4 is 5.32 Å². The number of anilines is 1. The molecular formula is C15H16ClNO2S. The van der Waals surface area contributed by atoms with Crippen molar-refractivity contribution in [3.8, 4) is 0 Å². The lowest BCUT2D eigenvalue weighted by atomic mass is 10.2. The lowest BCUT2D eigenvalue weighted by molar-refractivity contribution is -0.141. The fourth-order valence-corrected chi connectivity index (χ4v) is 3.02. The van der Waals surface area contributed by atoms with E-state index >= 15 is 0 Å². The SMILES string of the molecule is CCc1ccc(C(Nc2ccccc2Cl)C(=O)OC)s1. The predicted molar refractivity (Wildman–Crippen MR) is 83.5 cm³/mol. The van der Waals surface area contributed by atoms with Gasteiger partial charge in [0.15, 0.2) is 6.04 Å². The molecule has 2 rings (SSSR count). The van der Waals surface area contributed by atoms with Gasteiger partial charge in [0, 0.05) is 9.75 Å². The molecule has 0 aliphatic heterocycles. The van der Waals surface area contributed by atoms with Crippen LogP contribution in [-0.2, 0) is 16.0 Å². The molecule has 0 spiro atoms. The molecule has 5 heteroatoms. The Bertz CT molecular complexity index is 597. The van der Waals surface area contributed by atoms with E-state index in [0.29, 0.717) is 5.02 Å². The number of aryl methyl sites for hydroxylation is 1. The minimum absolute atomic E-state index is 0.325. The van der Waals surface area contributed by atoms with E-state index < -0.39 is 6.04 Å². The number of hydrogen-bond donors (Lipinski definition) is 1. The van der Waals surface area contributed by atoms with Crippen LogP contribution in [-0.4, -0.2) is 13.1 Å².